The molecule has 0 aliphatic rings. The van der Waals surface area contributed by atoms with Gasteiger partial charge in [0.25, 0.3) is 0 Å². The molecule has 0 heterocycles. The molecule has 0 spiro atoms. The van der Waals surface area contributed by atoms with Gasteiger partial charge in [0.05, 0.1) is 0 Å². The van der Waals surface area contributed by atoms with Crippen LogP contribution in [0, 0.1) is 12.7 Å². The van der Waals surface area contributed by atoms with E-state index in [-0.39, 0.29) is 11.9 Å². The predicted molar refractivity (Wildman–Crippen MR) is 82.7 cm³/mol. The molecule has 2 aromatic carbocycles. The van der Waals surface area contributed by atoms with Crippen molar-refractivity contribution in [2.45, 2.75) is 26.3 Å². The van der Waals surface area contributed by atoms with Crippen LogP contribution in [-0.2, 0) is 6.42 Å². The van der Waals surface area contributed by atoms with Crippen LogP contribution in [0.25, 0.3) is 0 Å². The molecule has 0 aliphatic carbocycles. The van der Waals surface area contributed by atoms with Gasteiger partial charge < -0.3 is 10.5 Å². The van der Waals surface area contributed by atoms with E-state index in [4.69, 9.17) is 10.5 Å². The first-order chi connectivity index (χ1) is 9.45. The van der Waals surface area contributed by atoms with Gasteiger partial charge in [-0.25, -0.2) is 4.39 Å². The molecule has 0 radical (unpaired) electrons. The topological polar surface area (TPSA) is 35.2 Å². The van der Waals surface area contributed by atoms with Crippen LogP contribution in [0.1, 0.15) is 18.1 Å². The van der Waals surface area contributed by atoms with Crippen LogP contribution in [0.2, 0.25) is 0 Å². The van der Waals surface area contributed by atoms with Crippen LogP contribution in [0.15, 0.2) is 40.9 Å². The summed E-state index contributed by atoms with van der Waals surface area (Å²) in [5, 5.41) is 0. The Morgan fingerprint density at radius 3 is 2.60 bits per heavy atom. The lowest BCUT2D eigenvalue weighted by Crippen LogP contribution is -2.17. The molecule has 0 saturated carbocycles. The lowest BCUT2D eigenvalue weighted by molar-refractivity contribution is 0.476. The first kappa shape index (κ1) is 15.0. The molecule has 2 nitrogen and oxygen atoms in total. The zero-order valence-corrected chi connectivity index (χ0v) is 13.1. The molecule has 20 heavy (non-hydrogen) atoms. The molecule has 2 rings (SSSR count). The van der Waals surface area contributed by atoms with E-state index in [1.165, 1.54) is 12.1 Å². The smallest absolute Gasteiger partial charge is 0.130 e. The lowest BCUT2D eigenvalue weighted by atomic mass is 10.1. The van der Waals surface area contributed by atoms with Crippen molar-refractivity contribution >= 4 is 15.9 Å². The van der Waals surface area contributed by atoms with Crippen molar-refractivity contribution in [1.82, 2.24) is 0 Å². The number of rotatable bonds is 4. The van der Waals surface area contributed by atoms with Gasteiger partial charge in [-0.3, -0.25) is 0 Å². The monoisotopic (exact) mass is 337 g/mol. The summed E-state index contributed by atoms with van der Waals surface area (Å²) in [5.74, 6) is 1.10. The Balaban J connectivity index is 2.20. The van der Waals surface area contributed by atoms with Gasteiger partial charge in [0.1, 0.15) is 17.3 Å². The van der Waals surface area contributed by atoms with E-state index in [2.05, 4.69) is 15.9 Å². The summed E-state index contributed by atoms with van der Waals surface area (Å²) < 4.78 is 19.8. The van der Waals surface area contributed by atoms with Crippen LogP contribution < -0.4 is 10.5 Å². The number of aryl methyl sites for hydroxylation is 1. The van der Waals surface area contributed by atoms with E-state index < -0.39 is 0 Å². The molecule has 0 aliphatic heterocycles. The Morgan fingerprint density at radius 2 is 2.00 bits per heavy atom. The van der Waals surface area contributed by atoms with E-state index in [0.29, 0.717) is 11.5 Å². The molecule has 2 N–H and O–H groups in total. The summed E-state index contributed by atoms with van der Waals surface area (Å²) in [7, 11) is 0. The molecule has 106 valence electrons. The average Bonchev–Trinajstić information content (AvgIpc) is 2.36. The molecule has 2 aromatic rings. The Hall–Kier alpha value is -1.39. The second kappa shape index (κ2) is 6.37. The minimum atomic E-state index is -0.261. The predicted octanol–water partition coefficient (Wildman–Crippen LogP) is 4.58. The summed E-state index contributed by atoms with van der Waals surface area (Å²) in [6.45, 7) is 3.79. The zero-order valence-electron chi connectivity index (χ0n) is 11.5. The number of hydrogen-bond donors (Lipinski definition) is 1. The number of nitrogens with two attached hydrogens (primary N) is 1. The van der Waals surface area contributed by atoms with Crippen LogP contribution >= 0.6 is 15.9 Å². The number of ether oxygens (including phenoxy) is 1. The molecule has 0 bridgehead atoms. The second-order valence-electron chi connectivity index (χ2n) is 4.95. The Kier molecular flexibility index (Phi) is 4.78. The van der Waals surface area contributed by atoms with E-state index in [1.54, 1.807) is 6.07 Å². The summed E-state index contributed by atoms with van der Waals surface area (Å²) in [4.78, 5) is 0. The van der Waals surface area contributed by atoms with Crippen LogP contribution in [0.4, 0.5) is 4.39 Å². The fourth-order valence-corrected chi connectivity index (χ4v) is 2.48. The molecular weight excluding hydrogens is 321 g/mol. The van der Waals surface area contributed by atoms with Gasteiger partial charge in [0.15, 0.2) is 0 Å². The number of hydrogen-bond acceptors (Lipinski definition) is 2. The second-order valence-corrected chi connectivity index (χ2v) is 5.80. The Labute approximate surface area is 126 Å². The van der Waals surface area contributed by atoms with Gasteiger partial charge in [-0.15, -0.1) is 0 Å². The Bertz CT molecular complexity index is 613. The van der Waals surface area contributed by atoms with Crippen molar-refractivity contribution in [3.8, 4) is 11.5 Å². The SMILES string of the molecule is Cc1cc(F)ccc1Oc1ccc(CC(C)N)c(Br)c1. The molecule has 1 unspecified atom stereocenters. The molecular formula is C16H17BrFNO. The van der Waals surface area contributed by atoms with Gasteiger partial charge in [0, 0.05) is 10.5 Å². The fraction of sp³-hybridized carbons (Fsp3) is 0.250. The minimum Gasteiger partial charge on any atom is -0.457 e. The standard InChI is InChI=1S/C16H17BrFNO/c1-10-7-13(18)4-6-16(10)20-14-5-3-12(8-11(2)19)15(17)9-14/h3-7,9,11H,8,19H2,1-2H3. The van der Waals surface area contributed by atoms with Crippen LogP contribution in [0.5, 0.6) is 11.5 Å². The van der Waals surface area contributed by atoms with E-state index >= 15 is 0 Å². The highest BCUT2D eigenvalue weighted by molar-refractivity contribution is 9.10. The van der Waals surface area contributed by atoms with Crippen LogP contribution in [-0.4, -0.2) is 6.04 Å². The maximum absolute atomic E-state index is 13.0. The largest absolute Gasteiger partial charge is 0.457 e. The van der Waals surface area contributed by atoms with Crippen molar-refractivity contribution in [3.63, 3.8) is 0 Å². The third kappa shape index (κ3) is 3.81. The quantitative estimate of drug-likeness (QED) is 0.886. The van der Waals surface area contributed by atoms with Gasteiger partial charge in [-0.2, -0.15) is 0 Å². The third-order valence-electron chi connectivity index (χ3n) is 2.93. The van der Waals surface area contributed by atoms with Gasteiger partial charge >= 0.3 is 0 Å². The highest BCUT2D eigenvalue weighted by Gasteiger charge is 2.07. The van der Waals surface area contributed by atoms with E-state index in [9.17, 15) is 4.39 Å². The van der Waals surface area contributed by atoms with Crippen molar-refractivity contribution in [2.24, 2.45) is 5.73 Å². The van der Waals surface area contributed by atoms with Gasteiger partial charge in [-0.05, 0) is 61.7 Å². The summed E-state index contributed by atoms with van der Waals surface area (Å²) in [5.41, 5.74) is 7.71. The van der Waals surface area contributed by atoms with Crippen molar-refractivity contribution in [1.29, 1.82) is 0 Å². The summed E-state index contributed by atoms with van der Waals surface area (Å²) in [6, 6.07) is 10.4. The first-order valence-corrected chi connectivity index (χ1v) is 7.23. The lowest BCUT2D eigenvalue weighted by Gasteiger charge is -2.12. The van der Waals surface area contributed by atoms with Crippen LogP contribution in [0.3, 0.4) is 0 Å². The number of benzene rings is 2. The zero-order chi connectivity index (χ0) is 14.7. The molecule has 0 aromatic heterocycles. The molecule has 1 atom stereocenters. The normalized spacial score (nSPS) is 12.2. The molecule has 0 saturated heterocycles. The van der Waals surface area contributed by atoms with E-state index in [1.807, 2.05) is 32.0 Å². The van der Waals surface area contributed by atoms with Crippen molar-refractivity contribution in [3.05, 3.63) is 57.8 Å². The van der Waals surface area contributed by atoms with Gasteiger partial charge in [0.2, 0.25) is 0 Å². The van der Waals surface area contributed by atoms with Crippen molar-refractivity contribution in [2.75, 3.05) is 0 Å². The summed E-state index contributed by atoms with van der Waals surface area (Å²) in [6.07, 6.45) is 0.802. The maximum Gasteiger partial charge on any atom is 0.130 e. The molecule has 0 amide bonds. The highest BCUT2D eigenvalue weighted by Crippen LogP contribution is 2.29. The maximum atomic E-state index is 13.0. The Morgan fingerprint density at radius 1 is 1.25 bits per heavy atom. The summed E-state index contributed by atoms with van der Waals surface area (Å²) >= 11 is 3.52. The average molecular weight is 338 g/mol. The molecule has 4 heteroatoms. The van der Waals surface area contributed by atoms with Gasteiger partial charge in [-0.1, -0.05) is 22.0 Å². The first-order valence-electron chi connectivity index (χ1n) is 6.43. The highest BCUT2D eigenvalue weighted by atomic mass is 79.9. The van der Waals surface area contributed by atoms with E-state index in [0.717, 1.165) is 22.0 Å². The number of halogens is 2. The third-order valence-corrected chi connectivity index (χ3v) is 3.67. The van der Waals surface area contributed by atoms with Crippen molar-refractivity contribution < 1.29 is 9.13 Å². The fourth-order valence-electron chi connectivity index (χ4n) is 1.96. The minimum absolute atomic E-state index is 0.109. The molecule has 0 fully saturated rings.